The average Bonchev–Trinajstić information content (AvgIpc) is 1.82. The Balaban J connectivity index is 4.62. The van der Waals surface area contributed by atoms with Crippen molar-refractivity contribution in [2.45, 2.75) is 31.5 Å². The number of nitro groups is 1. The first kappa shape index (κ1) is 12.2. The molecule has 1 atom stereocenters. The third-order valence-electron chi connectivity index (χ3n) is 1.58. The first-order chi connectivity index (χ1) is 5.73. The van der Waals surface area contributed by atoms with Crippen molar-refractivity contribution in [1.82, 2.24) is 0 Å². The molecular formula is C6H10F3NO3. The van der Waals surface area contributed by atoms with Crippen LogP contribution in [-0.2, 0) is 0 Å². The minimum atomic E-state index is -4.95. The SMILES string of the molecule is CCC[C@@](O)(C[N+](=O)[O-])C(F)(F)F. The number of alkyl halides is 3. The summed E-state index contributed by atoms with van der Waals surface area (Å²) in [6.45, 7) is -0.0823. The molecule has 0 aliphatic heterocycles. The fourth-order valence-electron chi connectivity index (χ4n) is 0.938. The van der Waals surface area contributed by atoms with E-state index in [4.69, 9.17) is 5.11 Å². The number of nitrogens with zero attached hydrogens (tertiary/aromatic N) is 1. The molecule has 13 heavy (non-hydrogen) atoms. The third kappa shape index (κ3) is 3.17. The van der Waals surface area contributed by atoms with Gasteiger partial charge in [0.15, 0.2) is 0 Å². The molecule has 0 radical (unpaired) electrons. The molecule has 0 bridgehead atoms. The van der Waals surface area contributed by atoms with Crippen molar-refractivity contribution in [1.29, 1.82) is 0 Å². The van der Waals surface area contributed by atoms with E-state index in [9.17, 15) is 23.3 Å². The maximum absolute atomic E-state index is 12.1. The quantitative estimate of drug-likeness (QED) is 0.551. The molecule has 0 unspecified atom stereocenters. The van der Waals surface area contributed by atoms with Gasteiger partial charge in [0.25, 0.3) is 0 Å². The van der Waals surface area contributed by atoms with E-state index in [-0.39, 0.29) is 6.42 Å². The minimum Gasteiger partial charge on any atom is -0.375 e. The van der Waals surface area contributed by atoms with E-state index < -0.39 is 29.7 Å². The smallest absolute Gasteiger partial charge is 0.375 e. The predicted molar refractivity (Wildman–Crippen MR) is 37.8 cm³/mol. The van der Waals surface area contributed by atoms with Crippen LogP contribution in [0.1, 0.15) is 19.8 Å². The summed E-state index contributed by atoms with van der Waals surface area (Å²) in [7, 11) is 0. The third-order valence-corrected chi connectivity index (χ3v) is 1.58. The van der Waals surface area contributed by atoms with Crippen LogP contribution in [-0.4, -0.2) is 28.4 Å². The van der Waals surface area contributed by atoms with Crippen LogP contribution in [0.25, 0.3) is 0 Å². The molecule has 0 rings (SSSR count). The van der Waals surface area contributed by atoms with Crippen molar-refractivity contribution in [2.24, 2.45) is 0 Å². The molecule has 0 aromatic carbocycles. The second-order valence-electron chi connectivity index (χ2n) is 2.77. The van der Waals surface area contributed by atoms with E-state index in [0.29, 0.717) is 0 Å². The monoisotopic (exact) mass is 201 g/mol. The summed E-state index contributed by atoms with van der Waals surface area (Å²) in [6.07, 6.45) is -5.57. The highest BCUT2D eigenvalue weighted by molar-refractivity contribution is 4.85. The van der Waals surface area contributed by atoms with E-state index in [0.717, 1.165) is 0 Å². The molecule has 0 heterocycles. The lowest BCUT2D eigenvalue weighted by Gasteiger charge is -2.25. The summed E-state index contributed by atoms with van der Waals surface area (Å²) >= 11 is 0. The predicted octanol–water partition coefficient (Wildman–Crippen LogP) is 1.36. The maximum atomic E-state index is 12.1. The van der Waals surface area contributed by atoms with E-state index in [1.54, 1.807) is 0 Å². The first-order valence-corrected chi connectivity index (χ1v) is 3.64. The minimum absolute atomic E-state index is 0.0316. The molecule has 0 aliphatic rings. The van der Waals surface area contributed by atoms with Crippen molar-refractivity contribution in [2.75, 3.05) is 6.54 Å². The maximum Gasteiger partial charge on any atom is 0.423 e. The topological polar surface area (TPSA) is 63.4 Å². The van der Waals surface area contributed by atoms with Gasteiger partial charge in [-0.3, -0.25) is 10.1 Å². The highest BCUT2D eigenvalue weighted by Crippen LogP contribution is 2.34. The zero-order valence-corrected chi connectivity index (χ0v) is 6.97. The number of rotatable bonds is 4. The molecule has 4 nitrogen and oxygen atoms in total. The van der Waals surface area contributed by atoms with Crippen LogP contribution in [0.15, 0.2) is 0 Å². The summed E-state index contributed by atoms with van der Waals surface area (Å²) in [6, 6.07) is 0. The van der Waals surface area contributed by atoms with Crippen LogP contribution in [0.2, 0.25) is 0 Å². The zero-order chi connectivity index (χ0) is 10.7. The lowest BCUT2D eigenvalue weighted by molar-refractivity contribution is -0.516. The Kier molecular flexibility index (Phi) is 3.65. The lowest BCUT2D eigenvalue weighted by Crippen LogP contribution is -2.50. The fraction of sp³-hybridized carbons (Fsp3) is 1.00. The van der Waals surface area contributed by atoms with Crippen molar-refractivity contribution in [3.8, 4) is 0 Å². The number of aliphatic hydroxyl groups is 1. The molecule has 0 aromatic heterocycles. The van der Waals surface area contributed by atoms with Crippen LogP contribution < -0.4 is 0 Å². The average molecular weight is 201 g/mol. The van der Waals surface area contributed by atoms with Gasteiger partial charge in [-0.05, 0) is 6.42 Å². The van der Waals surface area contributed by atoms with Gasteiger partial charge in [-0.25, -0.2) is 0 Å². The van der Waals surface area contributed by atoms with Gasteiger partial charge in [-0.2, -0.15) is 13.2 Å². The van der Waals surface area contributed by atoms with E-state index in [1.807, 2.05) is 0 Å². The van der Waals surface area contributed by atoms with Crippen molar-refractivity contribution >= 4 is 0 Å². The van der Waals surface area contributed by atoms with Gasteiger partial charge < -0.3 is 5.11 Å². The van der Waals surface area contributed by atoms with E-state index in [1.165, 1.54) is 6.92 Å². The van der Waals surface area contributed by atoms with Gasteiger partial charge >= 0.3 is 6.18 Å². The Morgan fingerprint density at radius 3 is 2.15 bits per heavy atom. The zero-order valence-electron chi connectivity index (χ0n) is 6.97. The van der Waals surface area contributed by atoms with Crippen molar-refractivity contribution < 1.29 is 23.2 Å². The molecular weight excluding hydrogens is 191 g/mol. The highest BCUT2D eigenvalue weighted by atomic mass is 19.4. The van der Waals surface area contributed by atoms with E-state index >= 15 is 0 Å². The van der Waals surface area contributed by atoms with Crippen LogP contribution in [0.4, 0.5) is 13.2 Å². The van der Waals surface area contributed by atoms with Gasteiger partial charge in [0.05, 0.1) is 0 Å². The van der Waals surface area contributed by atoms with Crippen LogP contribution in [0, 0.1) is 10.1 Å². The molecule has 0 aliphatic carbocycles. The molecule has 0 saturated carbocycles. The fourth-order valence-corrected chi connectivity index (χ4v) is 0.938. The van der Waals surface area contributed by atoms with E-state index in [2.05, 4.69) is 0 Å². The standard InChI is InChI=1S/C6H10F3NO3/c1-2-3-5(11,4-10(12)13)6(7,8)9/h11H,2-4H2,1H3/t5-/m1/s1. The molecule has 0 spiro atoms. The summed E-state index contributed by atoms with van der Waals surface area (Å²) in [5.41, 5.74) is -3.19. The van der Waals surface area contributed by atoms with Gasteiger partial charge in [0, 0.05) is 4.92 Å². The first-order valence-electron chi connectivity index (χ1n) is 3.64. The van der Waals surface area contributed by atoms with Crippen molar-refractivity contribution in [3.05, 3.63) is 10.1 Å². The summed E-state index contributed by atoms with van der Waals surface area (Å²) in [4.78, 5) is 8.72. The highest BCUT2D eigenvalue weighted by Gasteiger charge is 2.56. The molecule has 0 aromatic rings. The second-order valence-corrected chi connectivity index (χ2v) is 2.77. The Labute approximate surface area is 72.5 Å². The normalized spacial score (nSPS) is 16.7. The second kappa shape index (κ2) is 3.91. The molecule has 78 valence electrons. The number of hydrogen-bond donors (Lipinski definition) is 1. The molecule has 1 N–H and O–H groups in total. The van der Waals surface area contributed by atoms with Gasteiger partial charge in [0.1, 0.15) is 0 Å². The molecule has 0 saturated heterocycles. The molecule has 0 fully saturated rings. The summed E-state index contributed by atoms with van der Waals surface area (Å²) in [5, 5.41) is 18.8. The Morgan fingerprint density at radius 1 is 1.46 bits per heavy atom. The summed E-state index contributed by atoms with van der Waals surface area (Å²) < 4.78 is 36.3. The van der Waals surface area contributed by atoms with Gasteiger partial charge in [-0.15, -0.1) is 0 Å². The Hall–Kier alpha value is -0.850. The van der Waals surface area contributed by atoms with Crippen LogP contribution in [0.5, 0.6) is 0 Å². The molecule has 0 amide bonds. The van der Waals surface area contributed by atoms with Gasteiger partial charge in [-0.1, -0.05) is 13.3 Å². The number of halogens is 3. The molecule has 7 heteroatoms. The Morgan fingerprint density at radius 2 is 1.92 bits per heavy atom. The Bertz CT molecular complexity index is 194. The van der Waals surface area contributed by atoms with Crippen LogP contribution >= 0.6 is 0 Å². The van der Waals surface area contributed by atoms with Crippen LogP contribution in [0.3, 0.4) is 0 Å². The largest absolute Gasteiger partial charge is 0.423 e. The van der Waals surface area contributed by atoms with Crippen molar-refractivity contribution in [3.63, 3.8) is 0 Å². The number of hydrogen-bond acceptors (Lipinski definition) is 3. The van der Waals surface area contributed by atoms with Gasteiger partial charge in [0.2, 0.25) is 12.1 Å². The lowest BCUT2D eigenvalue weighted by atomic mass is 9.98. The summed E-state index contributed by atoms with van der Waals surface area (Å²) in [5.74, 6) is 0.